The number of ether oxygens (including phenoxy) is 3. The Labute approximate surface area is 181 Å². The van der Waals surface area contributed by atoms with E-state index in [0.29, 0.717) is 6.42 Å². The van der Waals surface area contributed by atoms with Crippen LogP contribution in [0.1, 0.15) is 32.9 Å². The highest BCUT2D eigenvalue weighted by molar-refractivity contribution is 5.95. The fourth-order valence-corrected chi connectivity index (χ4v) is 4.17. The number of allylic oxidation sites excluding steroid dienone is 1. The molecule has 0 atom stereocenters. The fraction of sp³-hybridized carbons (Fsp3) is 0.250. The average Bonchev–Trinajstić information content (AvgIpc) is 3.17. The number of amides is 1. The van der Waals surface area contributed by atoms with Crippen molar-refractivity contribution in [3.8, 4) is 11.5 Å². The first-order chi connectivity index (χ1) is 15.0. The first kappa shape index (κ1) is 20.7. The number of rotatable bonds is 7. The van der Waals surface area contributed by atoms with Gasteiger partial charge in [-0.2, -0.15) is 5.10 Å². The van der Waals surface area contributed by atoms with Crippen LogP contribution < -0.4 is 15.2 Å². The minimum absolute atomic E-state index is 0.227. The van der Waals surface area contributed by atoms with Crippen LogP contribution in [0.3, 0.4) is 0 Å². The lowest BCUT2D eigenvalue weighted by Crippen LogP contribution is -2.32. The van der Waals surface area contributed by atoms with E-state index in [1.807, 2.05) is 30.3 Å². The van der Waals surface area contributed by atoms with Crippen molar-refractivity contribution in [1.82, 2.24) is 9.78 Å². The Morgan fingerprint density at radius 3 is 2.00 bits per heavy atom. The van der Waals surface area contributed by atoms with Gasteiger partial charge < -0.3 is 19.9 Å². The van der Waals surface area contributed by atoms with Gasteiger partial charge in [0.25, 0.3) is 5.91 Å². The zero-order valence-electron chi connectivity index (χ0n) is 17.8. The molecule has 1 aromatic heterocycles. The molecule has 31 heavy (non-hydrogen) atoms. The molecule has 0 aliphatic heterocycles. The van der Waals surface area contributed by atoms with Crippen molar-refractivity contribution in [1.29, 1.82) is 0 Å². The molecule has 7 heteroatoms. The fourth-order valence-electron chi connectivity index (χ4n) is 4.17. The highest BCUT2D eigenvalue weighted by Crippen LogP contribution is 2.43. The number of benzene rings is 2. The number of primary amides is 1. The quantitative estimate of drug-likeness (QED) is 0.636. The molecule has 1 aliphatic rings. The van der Waals surface area contributed by atoms with E-state index in [9.17, 15) is 4.79 Å². The molecular weight excluding hydrogens is 394 g/mol. The van der Waals surface area contributed by atoms with Crippen molar-refractivity contribution < 1.29 is 19.0 Å². The number of hydrogen-bond acceptors (Lipinski definition) is 5. The van der Waals surface area contributed by atoms with Gasteiger partial charge >= 0.3 is 0 Å². The van der Waals surface area contributed by atoms with Crippen molar-refractivity contribution in [3.63, 3.8) is 0 Å². The number of nitrogens with zero attached hydrogens (tertiary/aromatic N) is 2. The second-order valence-electron chi connectivity index (χ2n) is 7.43. The summed E-state index contributed by atoms with van der Waals surface area (Å²) in [6.07, 6.45) is 4.64. The molecule has 0 radical (unpaired) electrons. The molecule has 3 aromatic rings. The number of fused-ring (bicyclic) bond motifs is 1. The summed E-state index contributed by atoms with van der Waals surface area (Å²) in [6, 6.07) is 16.0. The summed E-state index contributed by atoms with van der Waals surface area (Å²) in [5.41, 5.74) is 9.16. The predicted molar refractivity (Wildman–Crippen MR) is 117 cm³/mol. The molecule has 1 heterocycles. The van der Waals surface area contributed by atoms with Crippen LogP contribution in [-0.4, -0.2) is 37.0 Å². The minimum Gasteiger partial charge on any atom is -0.497 e. The number of methoxy groups -OCH3 is 3. The zero-order chi connectivity index (χ0) is 22.0. The largest absolute Gasteiger partial charge is 0.497 e. The molecule has 0 saturated carbocycles. The molecule has 0 fully saturated rings. The molecule has 0 spiro atoms. The summed E-state index contributed by atoms with van der Waals surface area (Å²) in [4.78, 5) is 12.0. The number of aromatic nitrogens is 2. The first-order valence-corrected chi connectivity index (χ1v) is 9.89. The number of carbonyl (C=O) groups is 1. The smallest absolute Gasteiger partial charge is 0.269 e. The van der Waals surface area contributed by atoms with E-state index in [1.165, 1.54) is 0 Å². The van der Waals surface area contributed by atoms with E-state index in [1.54, 1.807) is 26.0 Å². The summed E-state index contributed by atoms with van der Waals surface area (Å²) in [5.74, 6) is 1.02. The van der Waals surface area contributed by atoms with Crippen LogP contribution in [0.5, 0.6) is 11.5 Å². The van der Waals surface area contributed by atoms with Crippen LogP contribution in [-0.2, 0) is 23.3 Å². The molecule has 0 bridgehead atoms. The molecule has 4 rings (SSSR count). The number of carbonyl (C=O) groups excluding carboxylic acids is 1. The molecule has 2 aromatic carbocycles. The lowest BCUT2D eigenvalue weighted by molar-refractivity contribution is 0.0985. The van der Waals surface area contributed by atoms with Crippen molar-refractivity contribution in [2.45, 2.75) is 18.6 Å². The summed E-state index contributed by atoms with van der Waals surface area (Å²) in [7, 11) is 4.89. The lowest BCUT2D eigenvalue weighted by atomic mass is 9.68. The zero-order valence-corrected chi connectivity index (χ0v) is 17.8. The highest BCUT2D eigenvalue weighted by atomic mass is 16.5. The van der Waals surface area contributed by atoms with E-state index in [0.717, 1.165) is 33.9 Å². The van der Waals surface area contributed by atoms with Gasteiger partial charge in [0.2, 0.25) is 0 Å². The van der Waals surface area contributed by atoms with Crippen LogP contribution in [0.4, 0.5) is 0 Å². The standard InChI is InChI=1S/C24H25N3O4/c1-29-15-27-21-14-24(16-4-8-18(30-2)9-5-16,17-6-10-19(31-3)11-7-17)13-12-20(21)22(26-27)23(25)28/h4-13H,14-15H2,1-3H3,(H2,25,28). The Kier molecular flexibility index (Phi) is 5.52. The maximum absolute atomic E-state index is 12.0. The highest BCUT2D eigenvalue weighted by Gasteiger charge is 2.38. The van der Waals surface area contributed by atoms with Gasteiger partial charge in [0, 0.05) is 24.5 Å². The van der Waals surface area contributed by atoms with Gasteiger partial charge in [0.05, 0.1) is 19.9 Å². The van der Waals surface area contributed by atoms with Crippen LogP contribution >= 0.6 is 0 Å². The third-order valence-corrected chi connectivity index (χ3v) is 5.77. The average molecular weight is 419 g/mol. The normalized spacial score (nSPS) is 14.2. The summed E-state index contributed by atoms with van der Waals surface area (Å²) < 4.78 is 17.7. The predicted octanol–water partition coefficient (Wildman–Crippen LogP) is 3.16. The second-order valence-corrected chi connectivity index (χ2v) is 7.43. The molecule has 0 saturated heterocycles. The summed E-state index contributed by atoms with van der Waals surface area (Å²) >= 11 is 0. The number of nitrogens with two attached hydrogens (primary N) is 1. The monoisotopic (exact) mass is 419 g/mol. The topological polar surface area (TPSA) is 88.6 Å². The maximum Gasteiger partial charge on any atom is 0.269 e. The van der Waals surface area contributed by atoms with Crippen molar-refractivity contribution in [3.05, 3.63) is 82.7 Å². The van der Waals surface area contributed by atoms with Crippen LogP contribution in [0.2, 0.25) is 0 Å². The first-order valence-electron chi connectivity index (χ1n) is 9.89. The second kappa shape index (κ2) is 8.28. The Balaban J connectivity index is 1.90. The Morgan fingerprint density at radius 1 is 1.00 bits per heavy atom. The summed E-state index contributed by atoms with van der Waals surface area (Å²) in [5, 5.41) is 4.41. The van der Waals surface area contributed by atoms with Gasteiger partial charge in [-0.3, -0.25) is 4.79 Å². The van der Waals surface area contributed by atoms with Gasteiger partial charge in [-0.15, -0.1) is 0 Å². The van der Waals surface area contributed by atoms with E-state index in [2.05, 4.69) is 35.4 Å². The lowest BCUT2D eigenvalue weighted by Gasteiger charge is -2.35. The number of hydrogen-bond donors (Lipinski definition) is 1. The van der Waals surface area contributed by atoms with Gasteiger partial charge in [-0.25, -0.2) is 4.68 Å². The van der Waals surface area contributed by atoms with Gasteiger partial charge in [-0.1, -0.05) is 36.4 Å². The van der Waals surface area contributed by atoms with E-state index in [-0.39, 0.29) is 12.4 Å². The molecule has 0 unspecified atom stereocenters. The van der Waals surface area contributed by atoms with Crippen LogP contribution in [0.25, 0.3) is 6.08 Å². The Hall–Kier alpha value is -3.58. The Bertz CT molecular complexity index is 1070. The third kappa shape index (κ3) is 3.57. The molecule has 7 nitrogen and oxygen atoms in total. The van der Waals surface area contributed by atoms with E-state index < -0.39 is 11.3 Å². The SMILES string of the molecule is COCn1nc(C(N)=O)c2c1CC(c1ccc(OC)cc1)(c1ccc(OC)cc1)C=C2. The molecule has 160 valence electrons. The maximum atomic E-state index is 12.0. The Morgan fingerprint density at radius 2 is 1.55 bits per heavy atom. The molecular formula is C24H25N3O4. The third-order valence-electron chi connectivity index (χ3n) is 5.77. The minimum atomic E-state index is -0.558. The molecule has 1 amide bonds. The van der Waals surface area contributed by atoms with Crippen LogP contribution in [0, 0.1) is 0 Å². The van der Waals surface area contributed by atoms with Gasteiger partial charge in [-0.05, 0) is 35.4 Å². The molecule has 1 aliphatic carbocycles. The van der Waals surface area contributed by atoms with Crippen molar-refractivity contribution >= 4 is 12.0 Å². The van der Waals surface area contributed by atoms with Gasteiger partial charge in [0.1, 0.15) is 18.2 Å². The summed E-state index contributed by atoms with van der Waals surface area (Å²) in [6.45, 7) is 0.227. The van der Waals surface area contributed by atoms with E-state index in [4.69, 9.17) is 19.9 Å². The van der Waals surface area contributed by atoms with Crippen molar-refractivity contribution in [2.75, 3.05) is 21.3 Å². The van der Waals surface area contributed by atoms with E-state index >= 15 is 0 Å². The molecule has 2 N–H and O–H groups in total. The van der Waals surface area contributed by atoms with Crippen molar-refractivity contribution in [2.24, 2.45) is 5.73 Å². The van der Waals surface area contributed by atoms with Gasteiger partial charge in [0.15, 0.2) is 5.69 Å². The van der Waals surface area contributed by atoms with Crippen LogP contribution in [0.15, 0.2) is 54.6 Å².